The number of hydrogen-bond acceptors (Lipinski definition) is 3. The zero-order chi connectivity index (χ0) is 17.1. The van der Waals surface area contributed by atoms with Gasteiger partial charge in [-0.2, -0.15) is 0 Å². The summed E-state index contributed by atoms with van der Waals surface area (Å²) < 4.78 is 0. The Hall–Kier alpha value is -0.120. The van der Waals surface area contributed by atoms with Gasteiger partial charge in [0.05, 0.1) is 5.60 Å². The van der Waals surface area contributed by atoms with Crippen LogP contribution >= 0.6 is 0 Å². The van der Waals surface area contributed by atoms with Crippen LogP contribution in [0.3, 0.4) is 0 Å². The maximum Gasteiger partial charge on any atom is 0.154 e. The van der Waals surface area contributed by atoms with E-state index in [9.17, 15) is 15.3 Å². The summed E-state index contributed by atoms with van der Waals surface area (Å²) >= 11 is 0. The second-order valence-corrected chi connectivity index (χ2v) is 10.2. The molecule has 0 aliphatic heterocycles. The van der Waals surface area contributed by atoms with Crippen LogP contribution in [0.4, 0.5) is 0 Å². The normalized spacial score (nSPS) is 54.8. The van der Waals surface area contributed by atoms with E-state index < -0.39 is 11.9 Å². The fourth-order valence-electron chi connectivity index (χ4n) is 7.81. The molecule has 3 heteroatoms. The third-order valence-electron chi connectivity index (χ3n) is 8.91. The van der Waals surface area contributed by atoms with E-state index in [2.05, 4.69) is 6.92 Å². The summed E-state index contributed by atoms with van der Waals surface area (Å²) in [7, 11) is 0. The Kier molecular flexibility index (Phi) is 4.29. The third kappa shape index (κ3) is 2.66. The second kappa shape index (κ2) is 5.96. The Morgan fingerprint density at radius 2 is 1.58 bits per heavy atom. The van der Waals surface area contributed by atoms with Gasteiger partial charge in [0, 0.05) is 5.92 Å². The summed E-state index contributed by atoms with van der Waals surface area (Å²) in [6.45, 7) is 4.39. The highest BCUT2D eigenvalue weighted by atomic mass is 16.5. The third-order valence-corrected chi connectivity index (χ3v) is 8.91. The Balaban J connectivity index is 1.56. The number of aliphatic hydroxyl groups is 3. The van der Waals surface area contributed by atoms with Gasteiger partial charge in [0.15, 0.2) is 6.29 Å². The van der Waals surface area contributed by atoms with Gasteiger partial charge < -0.3 is 15.3 Å². The lowest BCUT2D eigenvalue weighted by Crippen LogP contribution is -2.55. The van der Waals surface area contributed by atoms with Crippen molar-refractivity contribution < 1.29 is 15.3 Å². The molecule has 3 nitrogen and oxygen atoms in total. The van der Waals surface area contributed by atoms with E-state index in [4.69, 9.17) is 0 Å². The van der Waals surface area contributed by atoms with Gasteiger partial charge in [0.25, 0.3) is 0 Å². The van der Waals surface area contributed by atoms with Gasteiger partial charge in [0.2, 0.25) is 0 Å². The predicted molar refractivity (Wildman–Crippen MR) is 94.1 cm³/mol. The Labute approximate surface area is 146 Å². The molecule has 24 heavy (non-hydrogen) atoms. The van der Waals surface area contributed by atoms with Gasteiger partial charge in [-0.3, -0.25) is 0 Å². The van der Waals surface area contributed by atoms with Crippen LogP contribution in [0.15, 0.2) is 0 Å². The zero-order valence-corrected chi connectivity index (χ0v) is 15.5. The maximum atomic E-state index is 10.5. The Morgan fingerprint density at radius 3 is 2.33 bits per heavy atom. The van der Waals surface area contributed by atoms with Gasteiger partial charge in [-0.05, 0) is 99.7 Å². The van der Waals surface area contributed by atoms with Crippen molar-refractivity contribution in [1.29, 1.82) is 0 Å². The summed E-state index contributed by atoms with van der Waals surface area (Å²) in [6, 6.07) is 0. The van der Waals surface area contributed by atoms with E-state index in [1.54, 1.807) is 0 Å². The highest BCUT2D eigenvalue weighted by molar-refractivity contribution is 5.05. The monoisotopic (exact) mass is 336 g/mol. The molecule has 0 aromatic rings. The fourth-order valence-corrected chi connectivity index (χ4v) is 7.81. The summed E-state index contributed by atoms with van der Waals surface area (Å²) in [5.74, 6) is 3.90. The average Bonchev–Trinajstić information content (AvgIpc) is 2.51. The van der Waals surface area contributed by atoms with Crippen molar-refractivity contribution in [3.05, 3.63) is 0 Å². The minimum Gasteiger partial charge on any atom is -0.390 e. The van der Waals surface area contributed by atoms with Crippen LogP contribution in [0.25, 0.3) is 0 Å². The van der Waals surface area contributed by atoms with Crippen LogP contribution in [0.5, 0.6) is 0 Å². The first kappa shape index (κ1) is 17.3. The summed E-state index contributed by atoms with van der Waals surface area (Å²) in [6.07, 6.45) is 10.5. The molecule has 138 valence electrons. The van der Waals surface area contributed by atoms with Crippen LogP contribution in [0, 0.1) is 40.9 Å². The Morgan fingerprint density at radius 1 is 0.833 bits per heavy atom. The summed E-state index contributed by atoms with van der Waals surface area (Å²) in [4.78, 5) is 0. The minimum absolute atomic E-state index is 0.0713. The van der Waals surface area contributed by atoms with E-state index in [0.717, 1.165) is 49.4 Å². The maximum absolute atomic E-state index is 10.5. The standard InChI is InChI=1S/C21H36O3/c1-20(24)10-8-14-13(12-20)6-7-16-15(14)9-11-21(2)17(16)4-3-5-18(21)19(22)23/h13-19,22-24H,3-12H2,1-2H3/t13-,14+,15-,16-,17+,18-,20-,21+/m1/s1. The number of aliphatic hydroxyl groups excluding tert-OH is 1. The van der Waals surface area contributed by atoms with Gasteiger partial charge in [-0.1, -0.05) is 13.3 Å². The highest BCUT2D eigenvalue weighted by Gasteiger charge is 2.56. The van der Waals surface area contributed by atoms with Crippen molar-refractivity contribution in [3.63, 3.8) is 0 Å². The predicted octanol–water partition coefficient (Wildman–Crippen LogP) is 3.71. The fraction of sp³-hybridized carbons (Fsp3) is 1.00. The first-order valence-corrected chi connectivity index (χ1v) is 10.4. The first-order chi connectivity index (χ1) is 11.3. The number of rotatable bonds is 1. The quantitative estimate of drug-likeness (QED) is 0.640. The second-order valence-electron chi connectivity index (χ2n) is 10.2. The molecule has 0 amide bonds. The zero-order valence-electron chi connectivity index (χ0n) is 15.5. The molecule has 0 saturated heterocycles. The molecule has 4 aliphatic carbocycles. The van der Waals surface area contributed by atoms with Crippen LogP contribution in [0.1, 0.15) is 78.1 Å². The van der Waals surface area contributed by atoms with Crippen molar-refractivity contribution in [3.8, 4) is 0 Å². The molecule has 4 rings (SSSR count). The smallest absolute Gasteiger partial charge is 0.154 e. The van der Waals surface area contributed by atoms with E-state index in [-0.39, 0.29) is 11.3 Å². The average molecular weight is 337 g/mol. The summed E-state index contributed by atoms with van der Waals surface area (Å²) in [5.41, 5.74) is -0.311. The van der Waals surface area contributed by atoms with Crippen LogP contribution < -0.4 is 0 Å². The molecular formula is C21H36O3. The van der Waals surface area contributed by atoms with Crippen molar-refractivity contribution in [1.82, 2.24) is 0 Å². The van der Waals surface area contributed by atoms with Crippen LogP contribution in [-0.2, 0) is 0 Å². The minimum atomic E-state index is -1.14. The van der Waals surface area contributed by atoms with E-state index in [1.807, 2.05) is 6.92 Å². The molecule has 0 unspecified atom stereocenters. The van der Waals surface area contributed by atoms with Crippen molar-refractivity contribution >= 4 is 0 Å². The van der Waals surface area contributed by atoms with E-state index in [1.165, 1.54) is 38.5 Å². The molecule has 4 aliphatic rings. The van der Waals surface area contributed by atoms with Crippen molar-refractivity contribution in [2.45, 2.75) is 89.9 Å². The topological polar surface area (TPSA) is 60.7 Å². The van der Waals surface area contributed by atoms with Gasteiger partial charge in [-0.15, -0.1) is 0 Å². The highest BCUT2D eigenvalue weighted by Crippen LogP contribution is 2.63. The molecule has 4 fully saturated rings. The molecule has 4 saturated carbocycles. The van der Waals surface area contributed by atoms with Gasteiger partial charge in [0.1, 0.15) is 0 Å². The van der Waals surface area contributed by atoms with Gasteiger partial charge in [-0.25, -0.2) is 0 Å². The first-order valence-electron chi connectivity index (χ1n) is 10.4. The number of hydrogen-bond donors (Lipinski definition) is 3. The van der Waals surface area contributed by atoms with E-state index >= 15 is 0 Å². The molecule has 0 aromatic heterocycles. The van der Waals surface area contributed by atoms with Crippen LogP contribution in [-0.4, -0.2) is 27.2 Å². The molecule has 8 atom stereocenters. The molecule has 0 bridgehead atoms. The molecule has 3 N–H and O–H groups in total. The lowest BCUT2D eigenvalue weighted by atomic mass is 9.45. The molecule has 0 heterocycles. The Bertz CT molecular complexity index is 474. The largest absolute Gasteiger partial charge is 0.390 e. The van der Waals surface area contributed by atoms with Crippen molar-refractivity contribution in [2.75, 3.05) is 0 Å². The SMILES string of the molecule is C[C@@]1(O)CC[C@H]2[C@H](CC[C@@H]3[C@@H]2CC[C@]2(C)[C@@H](C(O)O)CCC[C@@H]32)C1. The lowest BCUT2D eigenvalue weighted by molar-refractivity contribution is -0.187. The van der Waals surface area contributed by atoms with E-state index in [0.29, 0.717) is 5.92 Å². The number of fused-ring (bicyclic) bond motifs is 5. The molecule has 0 aromatic carbocycles. The molecule has 0 spiro atoms. The lowest BCUT2D eigenvalue weighted by Gasteiger charge is -2.61. The molecular weight excluding hydrogens is 300 g/mol. The summed E-state index contributed by atoms with van der Waals surface area (Å²) in [5, 5.41) is 30.4. The van der Waals surface area contributed by atoms with Gasteiger partial charge >= 0.3 is 0 Å². The van der Waals surface area contributed by atoms with Crippen molar-refractivity contribution in [2.24, 2.45) is 40.9 Å². The molecule has 0 radical (unpaired) electrons. The van der Waals surface area contributed by atoms with Crippen LogP contribution in [0.2, 0.25) is 0 Å².